The molecule has 0 amide bonds. The van der Waals surface area contributed by atoms with Gasteiger partial charge in [-0.2, -0.15) is 0 Å². The largest absolute Gasteiger partial charge is 1.00 e. The number of hydrogen-bond acceptors (Lipinski definition) is 6. The zero-order chi connectivity index (χ0) is 9.84. The first kappa shape index (κ1) is 17.8. The quantitative estimate of drug-likeness (QED) is 0.447. The van der Waals surface area contributed by atoms with Crippen LogP contribution < -0.4 is 69.3 Å². The molecule has 1 aliphatic heterocycles. The SMILES string of the molecule is O=C([O-])CC1=NCCN1CC(=O)[O-].[Na+].[Na+]. The summed E-state index contributed by atoms with van der Waals surface area (Å²) in [6.45, 7) is 0.540. The molecule has 1 heterocycles. The second-order valence-corrected chi connectivity index (χ2v) is 2.64. The Bertz CT molecular complexity index is 270. The molecule has 8 heteroatoms. The zero-order valence-electron chi connectivity index (χ0n) is 8.86. The summed E-state index contributed by atoms with van der Waals surface area (Å²) >= 11 is 0. The first-order chi connectivity index (χ1) is 6.09. The molecular formula is C7H8N2Na2O4. The van der Waals surface area contributed by atoms with Crippen LogP contribution >= 0.6 is 0 Å². The fraction of sp³-hybridized carbons (Fsp3) is 0.571. The molecule has 0 atom stereocenters. The van der Waals surface area contributed by atoms with Gasteiger partial charge < -0.3 is 24.7 Å². The van der Waals surface area contributed by atoms with Gasteiger partial charge in [-0.25, -0.2) is 0 Å². The van der Waals surface area contributed by atoms with Crippen molar-refractivity contribution in [1.29, 1.82) is 0 Å². The molecule has 0 bridgehead atoms. The number of carbonyl (C=O) groups is 2. The molecule has 1 aliphatic rings. The van der Waals surface area contributed by atoms with Gasteiger partial charge in [0.2, 0.25) is 0 Å². The van der Waals surface area contributed by atoms with Crippen LogP contribution in [0.25, 0.3) is 0 Å². The molecule has 0 aliphatic carbocycles. The van der Waals surface area contributed by atoms with Crippen molar-refractivity contribution in [1.82, 2.24) is 4.90 Å². The topological polar surface area (TPSA) is 95.9 Å². The molecule has 72 valence electrons. The van der Waals surface area contributed by atoms with Crippen LogP contribution in [0, 0.1) is 0 Å². The maximum atomic E-state index is 10.2. The van der Waals surface area contributed by atoms with Crippen molar-refractivity contribution in [2.45, 2.75) is 6.42 Å². The second kappa shape index (κ2) is 8.55. The number of nitrogens with zero attached hydrogens (tertiary/aromatic N) is 2. The third-order valence-corrected chi connectivity index (χ3v) is 1.65. The molecule has 0 fully saturated rings. The van der Waals surface area contributed by atoms with Crippen molar-refractivity contribution in [3.05, 3.63) is 0 Å². The van der Waals surface area contributed by atoms with Gasteiger partial charge in [0.15, 0.2) is 0 Å². The fourth-order valence-electron chi connectivity index (χ4n) is 1.15. The zero-order valence-corrected chi connectivity index (χ0v) is 12.9. The van der Waals surface area contributed by atoms with Crippen LogP contribution in [0.4, 0.5) is 0 Å². The van der Waals surface area contributed by atoms with E-state index in [1.807, 2.05) is 0 Å². The number of amidine groups is 1. The van der Waals surface area contributed by atoms with E-state index >= 15 is 0 Å². The number of carboxylic acid groups (broad SMARTS) is 2. The molecule has 0 saturated carbocycles. The first-order valence-electron chi connectivity index (χ1n) is 3.77. The maximum absolute atomic E-state index is 10.2. The average Bonchev–Trinajstić information content (AvgIpc) is 2.34. The van der Waals surface area contributed by atoms with Crippen LogP contribution in [0.15, 0.2) is 4.99 Å². The minimum atomic E-state index is -1.26. The fourth-order valence-corrected chi connectivity index (χ4v) is 1.15. The van der Waals surface area contributed by atoms with Gasteiger partial charge in [0.1, 0.15) is 5.84 Å². The van der Waals surface area contributed by atoms with Gasteiger partial charge in [0.05, 0.1) is 19.1 Å². The smallest absolute Gasteiger partial charge is 0.550 e. The van der Waals surface area contributed by atoms with Crippen LogP contribution in [0.3, 0.4) is 0 Å². The minimum Gasteiger partial charge on any atom is -0.550 e. The Labute approximate surface area is 131 Å². The van der Waals surface area contributed by atoms with E-state index in [1.54, 1.807) is 0 Å². The summed E-state index contributed by atoms with van der Waals surface area (Å²) in [7, 11) is 0. The monoisotopic (exact) mass is 230 g/mol. The molecule has 15 heavy (non-hydrogen) atoms. The first-order valence-corrected chi connectivity index (χ1v) is 3.77. The number of rotatable bonds is 4. The van der Waals surface area contributed by atoms with E-state index in [2.05, 4.69) is 4.99 Å². The van der Waals surface area contributed by atoms with E-state index in [0.717, 1.165) is 0 Å². The number of carbonyl (C=O) groups excluding carboxylic acids is 2. The molecule has 0 saturated heterocycles. The minimum absolute atomic E-state index is 0. The van der Waals surface area contributed by atoms with Crippen molar-refractivity contribution < 1.29 is 78.9 Å². The van der Waals surface area contributed by atoms with Gasteiger partial charge in [-0.3, -0.25) is 4.99 Å². The molecule has 0 unspecified atom stereocenters. The van der Waals surface area contributed by atoms with E-state index in [9.17, 15) is 19.8 Å². The summed E-state index contributed by atoms with van der Waals surface area (Å²) in [6.07, 6.45) is -0.340. The Hall–Kier alpha value is 0.410. The van der Waals surface area contributed by atoms with E-state index in [4.69, 9.17) is 0 Å². The molecular weight excluding hydrogens is 222 g/mol. The van der Waals surface area contributed by atoms with Crippen LogP contribution in [0.1, 0.15) is 6.42 Å². The molecule has 0 spiro atoms. The van der Waals surface area contributed by atoms with Gasteiger partial charge in [0.25, 0.3) is 0 Å². The molecule has 6 nitrogen and oxygen atoms in total. The summed E-state index contributed by atoms with van der Waals surface area (Å²) in [6, 6.07) is 0. The predicted octanol–water partition coefficient (Wildman–Crippen LogP) is -9.40. The predicted molar refractivity (Wildman–Crippen MR) is 38.5 cm³/mol. The normalized spacial score (nSPS) is 13.6. The van der Waals surface area contributed by atoms with Gasteiger partial charge >= 0.3 is 59.1 Å². The maximum Gasteiger partial charge on any atom is 1.00 e. The van der Waals surface area contributed by atoms with Crippen molar-refractivity contribution >= 4 is 17.8 Å². The van der Waals surface area contributed by atoms with E-state index in [1.165, 1.54) is 4.90 Å². The van der Waals surface area contributed by atoms with Crippen molar-refractivity contribution in [2.75, 3.05) is 19.6 Å². The molecule has 0 aromatic carbocycles. The van der Waals surface area contributed by atoms with Crippen LogP contribution in [-0.4, -0.2) is 42.3 Å². The summed E-state index contributed by atoms with van der Waals surface area (Å²) in [4.78, 5) is 25.6. The Morgan fingerprint density at radius 2 is 1.87 bits per heavy atom. The standard InChI is InChI=1S/C7H10N2O4.2Na/c10-6(11)3-5-8-1-2-9(5)4-7(12)13;;/h1-4H2,(H,10,11)(H,12,13);;/q;2*+1/p-2. The van der Waals surface area contributed by atoms with Gasteiger partial charge in [-0.1, -0.05) is 0 Å². The Morgan fingerprint density at radius 1 is 1.27 bits per heavy atom. The van der Waals surface area contributed by atoms with E-state index in [-0.39, 0.29) is 77.9 Å². The second-order valence-electron chi connectivity index (χ2n) is 2.64. The average molecular weight is 230 g/mol. The third kappa shape index (κ3) is 6.55. The van der Waals surface area contributed by atoms with Crippen molar-refractivity contribution in [2.24, 2.45) is 4.99 Å². The molecule has 0 aromatic rings. The van der Waals surface area contributed by atoms with Crippen LogP contribution in [0.2, 0.25) is 0 Å². The number of aliphatic carboxylic acids is 2. The number of aliphatic imine (C=N–C) groups is 1. The van der Waals surface area contributed by atoms with Gasteiger partial charge in [0, 0.05) is 18.9 Å². The van der Waals surface area contributed by atoms with Gasteiger partial charge in [-0.15, -0.1) is 0 Å². The Morgan fingerprint density at radius 3 is 2.33 bits per heavy atom. The van der Waals surface area contributed by atoms with Crippen LogP contribution in [-0.2, 0) is 9.59 Å². The molecule has 0 radical (unpaired) electrons. The van der Waals surface area contributed by atoms with Gasteiger partial charge in [-0.05, 0) is 0 Å². The molecule has 0 N–H and O–H groups in total. The molecule has 1 rings (SSSR count). The summed E-state index contributed by atoms with van der Waals surface area (Å²) in [5.41, 5.74) is 0. The van der Waals surface area contributed by atoms with Crippen LogP contribution in [0.5, 0.6) is 0 Å². The summed E-state index contributed by atoms with van der Waals surface area (Å²) < 4.78 is 0. The van der Waals surface area contributed by atoms with Crippen molar-refractivity contribution in [3.8, 4) is 0 Å². The number of carboxylic acids is 2. The number of hydrogen-bond donors (Lipinski definition) is 0. The Kier molecular flexibility index (Phi) is 10.1. The summed E-state index contributed by atoms with van der Waals surface area (Å²) in [5.74, 6) is -2.25. The third-order valence-electron chi connectivity index (χ3n) is 1.65. The molecule has 0 aromatic heterocycles. The van der Waals surface area contributed by atoms with Crippen molar-refractivity contribution in [3.63, 3.8) is 0 Å². The van der Waals surface area contributed by atoms with E-state index in [0.29, 0.717) is 13.1 Å². The Balaban J connectivity index is 0. The summed E-state index contributed by atoms with van der Waals surface area (Å²) in [5, 5.41) is 20.4. The van der Waals surface area contributed by atoms with E-state index < -0.39 is 11.9 Å².